The van der Waals surface area contributed by atoms with E-state index in [-0.39, 0.29) is 61.3 Å². The molecule has 0 saturated heterocycles. The maximum Gasteiger partial charge on any atom is 0.338 e. The summed E-state index contributed by atoms with van der Waals surface area (Å²) in [5, 5.41) is 53.8. The molecule has 0 aliphatic carbocycles. The maximum atomic E-state index is 12.7. The Morgan fingerprint density at radius 3 is 1.95 bits per heavy atom. The molecule has 22 nitrogen and oxygen atoms in total. The molecule has 338 valence electrons. The van der Waals surface area contributed by atoms with Crippen molar-refractivity contribution in [2.24, 2.45) is 20.5 Å². The topological polar surface area (TPSA) is 362 Å². The van der Waals surface area contributed by atoms with Gasteiger partial charge in [0.25, 0.3) is 26.1 Å². The molecule has 7 aromatic carbocycles. The van der Waals surface area contributed by atoms with Crippen molar-refractivity contribution in [1.29, 1.82) is 0 Å². The van der Waals surface area contributed by atoms with Gasteiger partial charge < -0.3 is 45.2 Å². The number of methoxy groups -OCH3 is 1. The van der Waals surface area contributed by atoms with Gasteiger partial charge >= 0.3 is 5.97 Å². The van der Waals surface area contributed by atoms with Gasteiger partial charge in [0.05, 0.1) is 18.4 Å². The fourth-order valence-electron chi connectivity index (χ4n) is 6.45. The van der Waals surface area contributed by atoms with Crippen molar-refractivity contribution in [3.8, 4) is 23.0 Å². The van der Waals surface area contributed by atoms with E-state index in [1.165, 1.54) is 60.7 Å². The fraction of sp³-hybridized carbons (Fsp3) is 0.0244. The minimum absolute atomic E-state index is 0.0487. The highest BCUT2D eigenvalue weighted by molar-refractivity contribution is 7.86. The van der Waals surface area contributed by atoms with E-state index in [0.717, 1.165) is 37.4 Å². The van der Waals surface area contributed by atoms with Crippen molar-refractivity contribution >= 4 is 111 Å². The lowest BCUT2D eigenvalue weighted by Crippen LogP contribution is -2.14. The molecule has 0 radical (unpaired) electrons. The van der Waals surface area contributed by atoms with Crippen LogP contribution >= 0.6 is 0 Å². The van der Waals surface area contributed by atoms with Crippen LogP contribution in [0.2, 0.25) is 0 Å². The van der Waals surface area contributed by atoms with E-state index in [1.54, 1.807) is 18.2 Å². The predicted molar refractivity (Wildman–Crippen MR) is 237 cm³/mol. The van der Waals surface area contributed by atoms with E-state index in [9.17, 15) is 59.6 Å². The number of azo groups is 2. The molecule has 66 heavy (non-hydrogen) atoms. The zero-order chi connectivity index (χ0) is 47.7. The Bertz CT molecular complexity index is 3460. The molecule has 0 saturated carbocycles. The third-order valence-electron chi connectivity index (χ3n) is 9.44. The number of nitrogens with two attached hydrogens (primary N) is 1. The molecule has 0 fully saturated rings. The Hall–Kier alpha value is -8.07. The summed E-state index contributed by atoms with van der Waals surface area (Å²) < 4.78 is 103. The largest absolute Gasteiger partial charge is 0.740 e. The van der Waals surface area contributed by atoms with E-state index in [4.69, 9.17) is 14.7 Å². The highest BCUT2D eigenvalue weighted by atomic mass is 32.2. The number of nitrogens with zero attached hydrogens (tertiary/aromatic N) is 4. The van der Waals surface area contributed by atoms with Gasteiger partial charge in [-0.1, -0.05) is 18.2 Å². The molecule has 7 aromatic rings. The smallest absolute Gasteiger partial charge is 0.338 e. The van der Waals surface area contributed by atoms with Crippen LogP contribution < -0.4 is 25.3 Å². The number of fused-ring (bicyclic) bond motifs is 2. The number of aromatic hydroxyl groups is 2. The molecule has 1 unspecified atom stereocenters. The number of nitrogen functional groups attached to an aromatic ring is 1. The molecule has 0 aliphatic heterocycles. The first-order valence-corrected chi connectivity index (χ1v) is 22.2. The van der Waals surface area contributed by atoms with Crippen LogP contribution in [0.1, 0.15) is 20.7 Å². The van der Waals surface area contributed by atoms with Crippen molar-refractivity contribution in [1.82, 2.24) is 0 Å². The zero-order valence-corrected chi connectivity index (χ0v) is 35.8. The Labute approximate surface area is 374 Å². The maximum absolute atomic E-state index is 12.7. The standard InChI is InChI=1S/C41H31N7O15S3/c1-62-32-19-30(28(41(52)53)18-31(32)46-48-37-35(66(59,60)61)16-21-13-23(42)7-10-26(21)39(37)50)45-47-36-33(63-64(54)55)15-22-14-24(8-11-27(22)38(36)49)43-25-9-12-29(34(17-25)65(56,57)58)44-40(51)20-5-3-2-4-6-20/h2-19,43,49-50H,42H2,1H3,(H,44,51)(H,52,53)(H,54,55)(H,56,57,58)(H,59,60,61)/p-1. The number of phenols is 2. The van der Waals surface area contributed by atoms with Gasteiger partial charge in [0.15, 0.2) is 22.9 Å². The van der Waals surface area contributed by atoms with Crippen LogP contribution in [0.3, 0.4) is 0 Å². The summed E-state index contributed by atoms with van der Waals surface area (Å²) in [5.41, 5.74) is 3.70. The number of rotatable bonds is 14. The molecule has 1 amide bonds. The van der Waals surface area contributed by atoms with Crippen LogP contribution in [0.25, 0.3) is 21.5 Å². The number of hydrogen-bond donors (Lipinski definition) is 8. The highest BCUT2D eigenvalue weighted by Gasteiger charge is 2.24. The molecule has 0 spiro atoms. The van der Waals surface area contributed by atoms with Crippen LogP contribution in [0.4, 0.5) is 45.5 Å². The number of amides is 1. The van der Waals surface area contributed by atoms with Crippen LogP contribution in [-0.4, -0.2) is 69.0 Å². The summed E-state index contributed by atoms with van der Waals surface area (Å²) in [4.78, 5) is 23.7. The number of phenolic OH excluding ortho intramolecular Hbond substituents is 2. The second kappa shape index (κ2) is 18.2. The van der Waals surface area contributed by atoms with E-state index >= 15 is 0 Å². The average molecular weight is 957 g/mol. The minimum atomic E-state index is -5.02. The number of benzene rings is 7. The van der Waals surface area contributed by atoms with Crippen LogP contribution in [-0.2, 0) is 31.6 Å². The van der Waals surface area contributed by atoms with Gasteiger partial charge in [-0.2, -0.15) is 16.8 Å². The van der Waals surface area contributed by atoms with Crippen molar-refractivity contribution in [3.63, 3.8) is 0 Å². The third kappa shape index (κ3) is 9.84. The van der Waals surface area contributed by atoms with Gasteiger partial charge in [-0.05, 0) is 95.7 Å². The number of carboxylic acid groups (broad SMARTS) is 1. The van der Waals surface area contributed by atoms with Crippen molar-refractivity contribution in [2.45, 2.75) is 9.79 Å². The van der Waals surface area contributed by atoms with Gasteiger partial charge in [-0.3, -0.25) is 13.9 Å². The molecule has 0 bridgehead atoms. The van der Waals surface area contributed by atoms with Crippen molar-refractivity contribution < 1.29 is 68.5 Å². The van der Waals surface area contributed by atoms with Crippen LogP contribution in [0.15, 0.2) is 139 Å². The summed E-state index contributed by atoms with van der Waals surface area (Å²) in [6.07, 6.45) is 0. The molecular weight excluding hydrogens is 927 g/mol. The quantitative estimate of drug-likeness (QED) is 0.0220. The summed E-state index contributed by atoms with van der Waals surface area (Å²) in [6, 6.07) is 24.0. The molecule has 7 rings (SSSR count). The molecular formula is C41H30N7O15S3-. The van der Waals surface area contributed by atoms with Gasteiger partial charge in [0.1, 0.15) is 44.0 Å². The summed E-state index contributed by atoms with van der Waals surface area (Å²) in [6.45, 7) is 0. The first-order chi connectivity index (χ1) is 31.2. The van der Waals surface area contributed by atoms with Crippen molar-refractivity contribution in [2.75, 3.05) is 23.5 Å². The molecule has 0 aromatic heterocycles. The van der Waals surface area contributed by atoms with Gasteiger partial charge in [0.2, 0.25) is 0 Å². The number of carboxylic acids is 1. The molecule has 1 atom stereocenters. The van der Waals surface area contributed by atoms with Gasteiger partial charge in [-0.25, -0.2) is 9.00 Å². The van der Waals surface area contributed by atoms with Crippen molar-refractivity contribution in [3.05, 3.63) is 120 Å². The number of aromatic carboxylic acids is 1. The number of anilines is 4. The van der Waals surface area contributed by atoms with E-state index < -0.39 is 93.1 Å². The number of carbonyl (C=O) groups is 2. The molecule has 0 aliphatic rings. The van der Waals surface area contributed by atoms with Gasteiger partial charge in [0, 0.05) is 39.5 Å². The Morgan fingerprint density at radius 2 is 1.30 bits per heavy atom. The Morgan fingerprint density at radius 1 is 0.697 bits per heavy atom. The van der Waals surface area contributed by atoms with Crippen LogP contribution in [0, 0.1) is 0 Å². The molecule has 9 N–H and O–H groups in total. The minimum Gasteiger partial charge on any atom is -0.740 e. The Balaban J connectivity index is 1.22. The molecule has 25 heteroatoms. The second-order valence-corrected chi connectivity index (χ2v) is 17.1. The summed E-state index contributed by atoms with van der Waals surface area (Å²) in [5.74, 6) is -4.45. The lowest BCUT2D eigenvalue weighted by molar-refractivity contribution is 0.0697. The van der Waals surface area contributed by atoms with Crippen LogP contribution in [0.5, 0.6) is 23.0 Å². The zero-order valence-electron chi connectivity index (χ0n) is 33.3. The van der Waals surface area contributed by atoms with Gasteiger partial charge in [-0.15, -0.1) is 20.5 Å². The number of nitrogens with one attached hydrogen (secondary N) is 2. The summed E-state index contributed by atoms with van der Waals surface area (Å²) >= 11 is -3.25. The third-order valence-corrected chi connectivity index (χ3v) is 11.5. The number of carbonyl (C=O) groups excluding carboxylic acids is 1. The Kier molecular flexibility index (Phi) is 12.7. The SMILES string of the molecule is COc1cc(N=Nc2c(OS(=O)[O-])cc3cc(Nc4ccc(NC(=O)c5ccccc5)c(S(=O)(=O)O)c4)ccc3c2O)c(C(=O)O)cc1N=Nc1c(S(=O)(=O)O)cc2cc(N)ccc2c1O. The number of ether oxygens (including phenoxy) is 1. The highest BCUT2D eigenvalue weighted by Crippen LogP contribution is 2.47. The first kappa shape index (κ1) is 45.9. The average Bonchev–Trinajstić information content (AvgIpc) is 3.25. The summed E-state index contributed by atoms with van der Waals surface area (Å²) in [7, 11) is -8.74. The molecule has 0 heterocycles. The van der Waals surface area contributed by atoms with E-state index in [2.05, 4.69) is 31.1 Å². The first-order valence-electron chi connectivity index (χ1n) is 18.4. The lowest BCUT2D eigenvalue weighted by atomic mass is 10.1. The van der Waals surface area contributed by atoms with E-state index in [1.807, 2.05) is 0 Å². The normalized spacial score (nSPS) is 12.4. The fourth-order valence-corrected chi connectivity index (χ4v) is 8.06. The predicted octanol–water partition coefficient (Wildman–Crippen LogP) is 8.19. The second-order valence-electron chi connectivity index (χ2n) is 13.7. The monoisotopic (exact) mass is 956 g/mol. The van der Waals surface area contributed by atoms with E-state index in [0.29, 0.717) is 0 Å². The lowest BCUT2D eigenvalue weighted by Gasteiger charge is -2.15. The number of hydrogen-bond acceptors (Lipinski definition) is 18.